The number of anilines is 1. The monoisotopic (exact) mass is 231 g/mol. The summed E-state index contributed by atoms with van der Waals surface area (Å²) < 4.78 is 1.91. The van der Waals surface area contributed by atoms with Crippen molar-refractivity contribution >= 4 is 5.69 Å². The lowest BCUT2D eigenvalue weighted by molar-refractivity contribution is -0.594. The van der Waals surface area contributed by atoms with Crippen LogP contribution in [-0.2, 0) is 0 Å². The fourth-order valence-corrected chi connectivity index (χ4v) is 1.42. The molecule has 2 N–H and O–H groups in total. The van der Waals surface area contributed by atoms with Gasteiger partial charge in [0.05, 0.1) is 11.6 Å². The largest absolute Gasteiger partial charge is 1.00 e. The molecule has 2 aromatic rings. The molecule has 0 aliphatic carbocycles. The van der Waals surface area contributed by atoms with E-state index >= 15 is 0 Å². The van der Waals surface area contributed by atoms with Gasteiger partial charge in [0.1, 0.15) is 5.69 Å². The van der Waals surface area contributed by atoms with E-state index in [4.69, 9.17) is 11.0 Å². The van der Waals surface area contributed by atoms with E-state index in [9.17, 15) is 0 Å². The predicted molar refractivity (Wildman–Crippen MR) is 57.1 cm³/mol. The average Bonchev–Trinajstić information content (AvgIpc) is 2.30. The maximum absolute atomic E-state index is 8.71. The van der Waals surface area contributed by atoms with Gasteiger partial charge in [-0.05, 0) is 12.1 Å². The summed E-state index contributed by atoms with van der Waals surface area (Å²) in [5.74, 6) is 0. The zero-order valence-corrected chi connectivity index (χ0v) is 9.22. The number of rotatable bonds is 1. The van der Waals surface area contributed by atoms with E-state index < -0.39 is 0 Å². The maximum atomic E-state index is 8.71. The van der Waals surface area contributed by atoms with Crippen molar-refractivity contribution in [2.45, 2.75) is 0 Å². The molecule has 2 rings (SSSR count). The molecule has 0 unspecified atom stereocenters. The summed E-state index contributed by atoms with van der Waals surface area (Å²) in [6, 6.07) is 13.1. The molecule has 0 amide bonds. The molecule has 0 aliphatic rings. The molecule has 0 atom stereocenters. The van der Waals surface area contributed by atoms with E-state index in [1.54, 1.807) is 12.1 Å². The molecule has 80 valence electrons. The third kappa shape index (κ3) is 2.30. The molecule has 16 heavy (non-hydrogen) atoms. The van der Waals surface area contributed by atoms with Gasteiger partial charge in [-0.25, -0.2) is 0 Å². The van der Waals surface area contributed by atoms with Crippen LogP contribution in [0, 0.1) is 11.3 Å². The second-order valence-electron chi connectivity index (χ2n) is 3.17. The van der Waals surface area contributed by atoms with Gasteiger partial charge in [-0.2, -0.15) is 9.83 Å². The number of nitrogens with two attached hydrogens (primary N) is 1. The summed E-state index contributed by atoms with van der Waals surface area (Å²) in [5.41, 5.74) is 7.92. The highest BCUT2D eigenvalue weighted by atomic mass is 35.5. The highest BCUT2D eigenvalue weighted by Gasteiger charge is 2.09. The Bertz CT molecular complexity index is 518. The number of nitriles is 1. The van der Waals surface area contributed by atoms with E-state index in [0.717, 1.165) is 5.69 Å². The molecule has 0 saturated carbocycles. The summed E-state index contributed by atoms with van der Waals surface area (Å²) >= 11 is 0. The quantitative estimate of drug-likeness (QED) is 0.476. The van der Waals surface area contributed by atoms with E-state index in [1.807, 2.05) is 41.2 Å². The average molecular weight is 232 g/mol. The zero-order valence-electron chi connectivity index (χ0n) is 8.47. The Kier molecular flexibility index (Phi) is 3.87. The normalized spacial score (nSPS) is 8.94. The van der Waals surface area contributed by atoms with Gasteiger partial charge < -0.3 is 18.1 Å². The fraction of sp³-hybridized carbons (Fsp3) is 0. The Labute approximate surface area is 100 Å². The van der Waals surface area contributed by atoms with Gasteiger partial charge >= 0.3 is 0 Å². The topological polar surface area (TPSA) is 53.7 Å². The van der Waals surface area contributed by atoms with Gasteiger partial charge in [0.15, 0.2) is 12.4 Å². The van der Waals surface area contributed by atoms with Crippen LogP contribution in [0.2, 0.25) is 0 Å². The number of halogens is 1. The molecule has 1 heterocycles. The molecule has 0 aliphatic heterocycles. The number of hydrogen-bond acceptors (Lipinski definition) is 2. The van der Waals surface area contributed by atoms with Crippen LogP contribution in [0.15, 0.2) is 48.8 Å². The smallest absolute Gasteiger partial charge is 0.233 e. The van der Waals surface area contributed by atoms with Gasteiger partial charge in [-0.15, -0.1) is 0 Å². The van der Waals surface area contributed by atoms with Gasteiger partial charge in [-0.3, -0.25) is 0 Å². The molecule has 0 saturated heterocycles. The third-order valence-corrected chi connectivity index (χ3v) is 2.15. The Balaban J connectivity index is 0.00000128. The Hall–Kier alpha value is -2.05. The maximum Gasteiger partial charge on any atom is 0.233 e. The fourth-order valence-electron chi connectivity index (χ4n) is 1.42. The van der Waals surface area contributed by atoms with Crippen LogP contribution in [0.5, 0.6) is 0 Å². The van der Waals surface area contributed by atoms with Crippen LogP contribution in [0.4, 0.5) is 5.69 Å². The van der Waals surface area contributed by atoms with Crippen LogP contribution in [0.3, 0.4) is 0 Å². The van der Waals surface area contributed by atoms with Gasteiger partial charge in [-0.1, -0.05) is 6.07 Å². The number of nitrogens with zero attached hydrogens (tertiary/aromatic N) is 2. The van der Waals surface area contributed by atoms with Gasteiger partial charge in [0.2, 0.25) is 5.69 Å². The van der Waals surface area contributed by atoms with Crippen LogP contribution < -0.4 is 22.7 Å². The predicted octanol–water partition coefficient (Wildman–Crippen LogP) is -1.58. The summed E-state index contributed by atoms with van der Waals surface area (Å²) in [6.07, 6.45) is 3.83. The molecule has 3 nitrogen and oxygen atoms in total. The highest BCUT2D eigenvalue weighted by molar-refractivity contribution is 5.56. The van der Waals surface area contributed by atoms with Gasteiger partial charge in [0, 0.05) is 18.2 Å². The van der Waals surface area contributed by atoms with Crippen LogP contribution in [0.25, 0.3) is 5.69 Å². The minimum Gasteiger partial charge on any atom is -1.00 e. The number of nitrogen functional groups attached to an aromatic ring is 1. The van der Waals surface area contributed by atoms with Crippen molar-refractivity contribution in [3.05, 3.63) is 54.4 Å². The van der Waals surface area contributed by atoms with E-state index in [1.165, 1.54) is 0 Å². The first-order chi connectivity index (χ1) is 7.31. The highest BCUT2D eigenvalue weighted by Crippen LogP contribution is 2.13. The van der Waals surface area contributed by atoms with Crippen molar-refractivity contribution < 1.29 is 17.0 Å². The summed E-state index contributed by atoms with van der Waals surface area (Å²) in [5, 5.41) is 8.71. The number of aromatic nitrogens is 1. The van der Waals surface area contributed by atoms with Crippen molar-refractivity contribution in [1.29, 1.82) is 5.26 Å². The van der Waals surface area contributed by atoms with Crippen molar-refractivity contribution in [2.75, 3.05) is 5.73 Å². The van der Waals surface area contributed by atoms with Crippen molar-refractivity contribution in [1.82, 2.24) is 0 Å². The molecule has 0 fully saturated rings. The summed E-state index contributed by atoms with van der Waals surface area (Å²) in [4.78, 5) is 0. The minimum absolute atomic E-state index is 0. The number of benzene rings is 1. The van der Waals surface area contributed by atoms with Crippen molar-refractivity contribution in [2.24, 2.45) is 0 Å². The van der Waals surface area contributed by atoms with E-state index in [2.05, 4.69) is 6.07 Å². The van der Waals surface area contributed by atoms with E-state index in [0.29, 0.717) is 11.3 Å². The molecule has 1 aromatic carbocycles. The zero-order chi connectivity index (χ0) is 10.7. The lowest BCUT2D eigenvalue weighted by Crippen LogP contribution is -3.00. The molecule has 0 spiro atoms. The Morgan fingerprint density at radius 3 is 2.38 bits per heavy atom. The lowest BCUT2D eigenvalue weighted by atomic mass is 10.2. The Morgan fingerprint density at radius 2 is 1.81 bits per heavy atom. The second-order valence-corrected chi connectivity index (χ2v) is 3.17. The first kappa shape index (κ1) is 12.0. The van der Waals surface area contributed by atoms with Crippen LogP contribution in [0.1, 0.15) is 5.56 Å². The summed E-state index contributed by atoms with van der Waals surface area (Å²) in [7, 11) is 0. The number of pyridine rings is 1. The third-order valence-electron chi connectivity index (χ3n) is 2.15. The van der Waals surface area contributed by atoms with Crippen LogP contribution >= 0.6 is 0 Å². The number of hydrogen-bond donors (Lipinski definition) is 1. The van der Waals surface area contributed by atoms with E-state index in [-0.39, 0.29) is 12.4 Å². The first-order valence-electron chi connectivity index (χ1n) is 4.57. The van der Waals surface area contributed by atoms with Crippen LogP contribution in [-0.4, -0.2) is 0 Å². The van der Waals surface area contributed by atoms with Crippen molar-refractivity contribution in [3.8, 4) is 11.8 Å². The summed E-state index contributed by atoms with van der Waals surface area (Å²) in [6.45, 7) is 0. The molecular formula is C12H10ClN3. The molecule has 0 radical (unpaired) electrons. The van der Waals surface area contributed by atoms with Gasteiger partial charge in [0.25, 0.3) is 0 Å². The standard InChI is InChI=1S/C12H10N3.ClH/c13-9-10-4-5-12(11(14)8-10)15-6-2-1-3-7-15;/h1-8H,14H2;1H/q+1;/p-1. The van der Waals surface area contributed by atoms with Crippen molar-refractivity contribution in [3.63, 3.8) is 0 Å². The molecule has 1 aromatic heterocycles. The Morgan fingerprint density at radius 1 is 1.12 bits per heavy atom. The second kappa shape index (κ2) is 5.15. The molecule has 0 bridgehead atoms. The lowest BCUT2D eigenvalue weighted by Gasteiger charge is -1.99. The minimum atomic E-state index is 0. The SMILES string of the molecule is N#Cc1ccc(-[n+]2ccccc2)c(N)c1.[Cl-]. The molecule has 4 heteroatoms. The first-order valence-corrected chi connectivity index (χ1v) is 4.57. The molecular weight excluding hydrogens is 222 g/mol.